The van der Waals surface area contributed by atoms with E-state index >= 15 is 0 Å². The second-order valence-corrected chi connectivity index (χ2v) is 3.30. The lowest BCUT2D eigenvalue weighted by molar-refractivity contribution is -0.114. The Morgan fingerprint density at radius 3 is 2.60 bits per heavy atom. The van der Waals surface area contributed by atoms with Crippen molar-refractivity contribution in [1.82, 2.24) is 0 Å². The maximum Gasteiger partial charge on any atom is 0.221 e. The van der Waals surface area contributed by atoms with E-state index in [1.54, 1.807) is 6.07 Å². The number of anilines is 2. The standard InChI is InChI=1S/C9H10FN3OS/c1-5(14)12-8-3-2-6(4-7(8)10)13-9(11)15/h2-4H,1H3,(H,12,14)(H3,11,13,15). The third-order valence-electron chi connectivity index (χ3n) is 1.55. The molecule has 0 saturated heterocycles. The second kappa shape index (κ2) is 4.70. The molecule has 1 amide bonds. The lowest BCUT2D eigenvalue weighted by Gasteiger charge is -2.07. The lowest BCUT2D eigenvalue weighted by Crippen LogP contribution is -2.19. The number of nitrogens with two attached hydrogens (primary N) is 1. The van der Waals surface area contributed by atoms with Crippen LogP contribution in [0.15, 0.2) is 18.2 Å². The first-order valence-corrected chi connectivity index (χ1v) is 4.53. The van der Waals surface area contributed by atoms with Gasteiger partial charge in [-0.15, -0.1) is 0 Å². The van der Waals surface area contributed by atoms with Crippen molar-refractivity contribution in [3.05, 3.63) is 24.0 Å². The smallest absolute Gasteiger partial charge is 0.221 e. The van der Waals surface area contributed by atoms with Gasteiger partial charge < -0.3 is 16.4 Å². The molecule has 15 heavy (non-hydrogen) atoms. The summed E-state index contributed by atoms with van der Waals surface area (Å²) in [5.41, 5.74) is 5.78. The van der Waals surface area contributed by atoms with Crippen LogP contribution in [0.3, 0.4) is 0 Å². The molecule has 0 aliphatic rings. The van der Waals surface area contributed by atoms with Gasteiger partial charge in [0.1, 0.15) is 5.82 Å². The van der Waals surface area contributed by atoms with Crippen LogP contribution in [-0.2, 0) is 4.79 Å². The van der Waals surface area contributed by atoms with Gasteiger partial charge in [0.2, 0.25) is 5.91 Å². The molecule has 1 aromatic rings. The maximum absolute atomic E-state index is 13.3. The predicted octanol–water partition coefficient (Wildman–Crippen LogP) is 1.44. The highest BCUT2D eigenvalue weighted by Crippen LogP contribution is 2.18. The Labute approximate surface area is 91.7 Å². The topological polar surface area (TPSA) is 67.2 Å². The molecular formula is C9H10FN3OS. The zero-order chi connectivity index (χ0) is 11.4. The molecule has 0 bridgehead atoms. The summed E-state index contributed by atoms with van der Waals surface area (Å²) in [6.07, 6.45) is 0. The number of halogens is 1. The van der Waals surface area contributed by atoms with Gasteiger partial charge in [-0.2, -0.15) is 0 Å². The molecule has 0 aromatic heterocycles. The van der Waals surface area contributed by atoms with E-state index in [4.69, 9.17) is 5.73 Å². The van der Waals surface area contributed by atoms with Crippen LogP contribution in [0.5, 0.6) is 0 Å². The molecule has 0 atom stereocenters. The summed E-state index contributed by atoms with van der Waals surface area (Å²) >= 11 is 4.60. The minimum absolute atomic E-state index is 0.0571. The van der Waals surface area contributed by atoms with E-state index in [0.29, 0.717) is 5.69 Å². The SMILES string of the molecule is CC(=O)Nc1ccc(NC(N)=S)cc1F. The van der Waals surface area contributed by atoms with E-state index < -0.39 is 5.82 Å². The zero-order valence-electron chi connectivity index (χ0n) is 8.00. The molecule has 0 radical (unpaired) electrons. The summed E-state index contributed by atoms with van der Waals surface area (Å²) in [7, 11) is 0. The summed E-state index contributed by atoms with van der Waals surface area (Å²) in [5.74, 6) is -0.879. The first-order valence-electron chi connectivity index (χ1n) is 4.12. The number of hydrogen-bond donors (Lipinski definition) is 3. The van der Waals surface area contributed by atoms with Gasteiger partial charge in [0.05, 0.1) is 5.69 Å². The highest BCUT2D eigenvalue weighted by molar-refractivity contribution is 7.80. The quantitative estimate of drug-likeness (QED) is 0.669. The van der Waals surface area contributed by atoms with Crippen LogP contribution >= 0.6 is 12.2 Å². The Bertz CT molecular complexity index is 408. The van der Waals surface area contributed by atoms with Gasteiger partial charge in [0.15, 0.2) is 5.11 Å². The first-order chi connectivity index (χ1) is 6.99. The van der Waals surface area contributed by atoms with Crippen molar-refractivity contribution in [1.29, 1.82) is 0 Å². The minimum atomic E-state index is -0.550. The van der Waals surface area contributed by atoms with Crippen molar-refractivity contribution in [2.75, 3.05) is 10.6 Å². The Hall–Kier alpha value is -1.69. The number of rotatable bonds is 2. The Morgan fingerprint density at radius 2 is 2.13 bits per heavy atom. The van der Waals surface area contributed by atoms with Crippen molar-refractivity contribution in [3.8, 4) is 0 Å². The average Bonchev–Trinajstić information content (AvgIpc) is 2.08. The predicted molar refractivity (Wildman–Crippen MR) is 61.1 cm³/mol. The van der Waals surface area contributed by atoms with Crippen molar-refractivity contribution in [2.24, 2.45) is 5.73 Å². The fourth-order valence-corrected chi connectivity index (χ4v) is 1.14. The molecule has 0 saturated carbocycles. The van der Waals surface area contributed by atoms with Crippen LogP contribution in [0, 0.1) is 5.82 Å². The van der Waals surface area contributed by atoms with E-state index in [9.17, 15) is 9.18 Å². The third-order valence-corrected chi connectivity index (χ3v) is 1.65. The number of carbonyl (C=O) groups excluding carboxylic acids is 1. The Morgan fingerprint density at radius 1 is 1.47 bits per heavy atom. The van der Waals surface area contributed by atoms with Gasteiger partial charge in [-0.1, -0.05) is 0 Å². The number of benzene rings is 1. The van der Waals surface area contributed by atoms with Gasteiger partial charge in [-0.25, -0.2) is 4.39 Å². The fourth-order valence-electron chi connectivity index (χ4n) is 1.03. The highest BCUT2D eigenvalue weighted by Gasteiger charge is 2.04. The lowest BCUT2D eigenvalue weighted by atomic mass is 10.2. The number of hydrogen-bond acceptors (Lipinski definition) is 2. The van der Waals surface area contributed by atoms with Gasteiger partial charge in [0.25, 0.3) is 0 Å². The van der Waals surface area contributed by atoms with Crippen LogP contribution in [-0.4, -0.2) is 11.0 Å². The molecule has 4 N–H and O–H groups in total. The monoisotopic (exact) mass is 227 g/mol. The molecule has 0 aliphatic carbocycles. The number of carbonyl (C=O) groups is 1. The normalized spacial score (nSPS) is 9.47. The molecule has 0 spiro atoms. The zero-order valence-corrected chi connectivity index (χ0v) is 8.82. The third kappa shape index (κ3) is 3.51. The van der Waals surface area contributed by atoms with Crippen molar-refractivity contribution in [3.63, 3.8) is 0 Å². The summed E-state index contributed by atoms with van der Waals surface area (Å²) in [5, 5.41) is 4.99. The molecular weight excluding hydrogens is 217 g/mol. The van der Waals surface area contributed by atoms with Gasteiger partial charge in [-0.3, -0.25) is 4.79 Å². The average molecular weight is 227 g/mol. The molecule has 0 heterocycles. The first kappa shape index (κ1) is 11.4. The molecule has 1 aromatic carbocycles. The van der Waals surface area contributed by atoms with Gasteiger partial charge in [0, 0.05) is 12.6 Å². The van der Waals surface area contributed by atoms with Gasteiger partial charge >= 0.3 is 0 Å². The van der Waals surface area contributed by atoms with E-state index in [-0.39, 0.29) is 16.7 Å². The summed E-state index contributed by atoms with van der Waals surface area (Å²) < 4.78 is 13.3. The Balaban J connectivity index is 2.87. The number of amides is 1. The van der Waals surface area contributed by atoms with E-state index in [1.807, 2.05) is 0 Å². The fraction of sp³-hybridized carbons (Fsp3) is 0.111. The van der Waals surface area contributed by atoms with E-state index in [1.165, 1.54) is 19.1 Å². The minimum Gasteiger partial charge on any atom is -0.376 e. The van der Waals surface area contributed by atoms with E-state index in [0.717, 1.165) is 0 Å². The van der Waals surface area contributed by atoms with Crippen molar-refractivity contribution >= 4 is 34.6 Å². The van der Waals surface area contributed by atoms with Crippen LogP contribution < -0.4 is 16.4 Å². The van der Waals surface area contributed by atoms with Crippen LogP contribution in [0.1, 0.15) is 6.92 Å². The second-order valence-electron chi connectivity index (χ2n) is 2.87. The molecule has 4 nitrogen and oxygen atoms in total. The molecule has 6 heteroatoms. The molecule has 0 unspecified atom stereocenters. The van der Waals surface area contributed by atoms with Gasteiger partial charge in [-0.05, 0) is 30.4 Å². The van der Waals surface area contributed by atoms with Crippen LogP contribution in [0.2, 0.25) is 0 Å². The molecule has 1 rings (SSSR count). The largest absolute Gasteiger partial charge is 0.376 e. The van der Waals surface area contributed by atoms with E-state index in [2.05, 4.69) is 22.9 Å². The van der Waals surface area contributed by atoms with Crippen LogP contribution in [0.25, 0.3) is 0 Å². The number of thiocarbonyl (C=S) groups is 1. The number of nitrogens with one attached hydrogen (secondary N) is 2. The maximum atomic E-state index is 13.3. The van der Waals surface area contributed by atoms with Crippen LogP contribution in [0.4, 0.5) is 15.8 Å². The summed E-state index contributed by atoms with van der Waals surface area (Å²) in [6, 6.07) is 4.19. The molecule has 80 valence electrons. The van der Waals surface area contributed by atoms with Crippen molar-refractivity contribution < 1.29 is 9.18 Å². The Kier molecular flexibility index (Phi) is 3.56. The van der Waals surface area contributed by atoms with Crippen molar-refractivity contribution in [2.45, 2.75) is 6.92 Å². The molecule has 0 aliphatic heterocycles. The highest BCUT2D eigenvalue weighted by atomic mass is 32.1. The summed E-state index contributed by atoms with van der Waals surface area (Å²) in [6.45, 7) is 1.31. The summed E-state index contributed by atoms with van der Waals surface area (Å²) in [4.78, 5) is 10.7. The molecule has 0 fully saturated rings.